The fourth-order valence-electron chi connectivity index (χ4n) is 1.75. The van der Waals surface area contributed by atoms with Crippen LogP contribution in [-0.2, 0) is 14.8 Å². The number of nitrogens with one attached hydrogen (secondary N) is 1. The Labute approximate surface area is 124 Å². The number of sulfonamides is 1. The maximum Gasteiger partial charge on any atom is 0.332 e. The minimum Gasteiger partial charge on any atom is -0.479 e. The average Bonchev–Trinajstić information content (AvgIpc) is 2.46. The van der Waals surface area contributed by atoms with Crippen molar-refractivity contribution in [3.05, 3.63) is 29.8 Å². The molecule has 0 bridgehead atoms. The Bertz CT molecular complexity index is 568. The van der Waals surface area contributed by atoms with Gasteiger partial charge in [0, 0.05) is 6.54 Å². The van der Waals surface area contributed by atoms with Gasteiger partial charge in [-0.05, 0) is 36.5 Å². The first-order chi connectivity index (χ1) is 9.77. The average molecular weight is 315 g/mol. The summed E-state index contributed by atoms with van der Waals surface area (Å²) in [6.07, 6.45) is -0.780. The topological polar surface area (TPSA) is 104 Å². The zero-order valence-electron chi connectivity index (χ0n) is 12.1. The second kappa shape index (κ2) is 7.53. The lowest BCUT2D eigenvalue weighted by Crippen LogP contribution is -2.30. The van der Waals surface area contributed by atoms with Crippen LogP contribution >= 0.6 is 0 Å². The van der Waals surface area contributed by atoms with Crippen LogP contribution in [0.4, 0.5) is 0 Å². The molecular weight excluding hydrogens is 294 g/mol. The molecule has 7 heteroatoms. The van der Waals surface area contributed by atoms with E-state index in [0.29, 0.717) is 5.92 Å². The molecule has 0 fully saturated rings. The highest BCUT2D eigenvalue weighted by Crippen LogP contribution is 2.20. The predicted molar refractivity (Wildman–Crippen MR) is 78.6 cm³/mol. The Morgan fingerprint density at radius 2 is 1.86 bits per heavy atom. The third-order valence-corrected chi connectivity index (χ3v) is 4.84. The van der Waals surface area contributed by atoms with Crippen molar-refractivity contribution in [1.82, 2.24) is 4.72 Å². The maximum atomic E-state index is 12.0. The Morgan fingerprint density at radius 3 is 2.33 bits per heavy atom. The second-order valence-corrected chi connectivity index (χ2v) is 6.69. The van der Waals surface area contributed by atoms with Gasteiger partial charge >= 0.3 is 5.97 Å². The molecular formula is C14H21NO5S. The number of aliphatic hydroxyl groups is 1. The number of hydrogen-bond acceptors (Lipinski definition) is 4. The van der Waals surface area contributed by atoms with Gasteiger partial charge in [0.25, 0.3) is 0 Å². The van der Waals surface area contributed by atoms with Gasteiger partial charge in [-0.1, -0.05) is 26.0 Å². The normalized spacial score (nSPS) is 14.6. The number of aliphatic hydroxyl groups excluding tert-OH is 1. The Morgan fingerprint density at radius 1 is 1.29 bits per heavy atom. The molecule has 3 N–H and O–H groups in total. The van der Waals surface area contributed by atoms with E-state index < -0.39 is 22.1 Å². The van der Waals surface area contributed by atoms with Crippen LogP contribution in [0.1, 0.15) is 38.2 Å². The summed E-state index contributed by atoms with van der Waals surface area (Å²) in [6, 6.07) is 6.60. The number of aliphatic carboxylic acids is 1. The Balaban J connectivity index is 2.68. The van der Waals surface area contributed by atoms with Crippen LogP contribution < -0.4 is 4.72 Å². The first-order valence-corrected chi connectivity index (χ1v) is 8.26. The lowest BCUT2D eigenvalue weighted by Gasteiger charge is -2.11. The van der Waals surface area contributed by atoms with E-state index in [-0.39, 0.29) is 17.9 Å². The first kappa shape index (κ1) is 17.6. The summed E-state index contributed by atoms with van der Waals surface area (Å²) in [7, 11) is -3.68. The number of rotatable bonds is 8. The first-order valence-electron chi connectivity index (χ1n) is 6.78. The van der Waals surface area contributed by atoms with E-state index >= 15 is 0 Å². The summed E-state index contributed by atoms with van der Waals surface area (Å²) in [6.45, 7) is 3.99. The van der Waals surface area contributed by atoms with Crippen molar-refractivity contribution in [1.29, 1.82) is 0 Å². The molecule has 0 amide bonds. The molecule has 0 aromatic heterocycles. The Kier molecular flexibility index (Phi) is 6.32. The molecule has 2 unspecified atom stereocenters. The molecule has 2 atom stereocenters. The van der Waals surface area contributed by atoms with Gasteiger partial charge in [-0.15, -0.1) is 0 Å². The van der Waals surface area contributed by atoms with E-state index in [1.165, 1.54) is 12.1 Å². The molecule has 0 aliphatic carbocycles. The van der Waals surface area contributed by atoms with Crippen LogP contribution in [0, 0.1) is 0 Å². The van der Waals surface area contributed by atoms with Crippen LogP contribution in [0.5, 0.6) is 0 Å². The van der Waals surface area contributed by atoms with E-state index in [4.69, 9.17) is 10.2 Å². The van der Waals surface area contributed by atoms with Crippen molar-refractivity contribution in [3.8, 4) is 0 Å². The van der Waals surface area contributed by atoms with Crippen molar-refractivity contribution < 1.29 is 23.4 Å². The molecule has 6 nitrogen and oxygen atoms in total. The summed E-state index contributed by atoms with van der Waals surface area (Å²) in [5, 5.41) is 17.6. The van der Waals surface area contributed by atoms with Crippen molar-refractivity contribution in [3.63, 3.8) is 0 Å². The molecule has 0 radical (unpaired) electrons. The van der Waals surface area contributed by atoms with E-state index in [1.54, 1.807) is 12.1 Å². The quantitative estimate of drug-likeness (QED) is 0.671. The number of hydrogen-bond donors (Lipinski definition) is 3. The summed E-state index contributed by atoms with van der Waals surface area (Å²) in [4.78, 5) is 10.6. The fourth-order valence-corrected chi connectivity index (χ4v) is 2.80. The summed E-state index contributed by atoms with van der Waals surface area (Å²) in [5.74, 6) is -1.01. The highest BCUT2D eigenvalue weighted by Gasteiger charge is 2.17. The maximum absolute atomic E-state index is 12.0. The summed E-state index contributed by atoms with van der Waals surface area (Å²) >= 11 is 0. The van der Waals surface area contributed by atoms with Crippen LogP contribution in [0.3, 0.4) is 0 Å². The summed E-state index contributed by atoms with van der Waals surface area (Å²) in [5.41, 5.74) is 1.07. The van der Waals surface area contributed by atoms with Crippen molar-refractivity contribution in [2.45, 2.75) is 43.6 Å². The van der Waals surface area contributed by atoms with Crippen molar-refractivity contribution >= 4 is 16.0 Å². The van der Waals surface area contributed by atoms with E-state index in [9.17, 15) is 13.2 Å². The molecule has 1 rings (SSSR count). The molecule has 21 heavy (non-hydrogen) atoms. The van der Waals surface area contributed by atoms with Crippen LogP contribution in [0.25, 0.3) is 0 Å². The highest BCUT2D eigenvalue weighted by molar-refractivity contribution is 7.89. The van der Waals surface area contributed by atoms with Gasteiger partial charge in [0.05, 0.1) is 4.90 Å². The lowest BCUT2D eigenvalue weighted by molar-refractivity contribution is -0.146. The number of carboxylic acids is 1. The van der Waals surface area contributed by atoms with E-state index in [2.05, 4.69) is 18.6 Å². The predicted octanol–water partition coefficient (Wildman–Crippen LogP) is 1.31. The fraction of sp³-hybridized carbons (Fsp3) is 0.500. The van der Waals surface area contributed by atoms with E-state index in [1.807, 2.05) is 0 Å². The van der Waals surface area contributed by atoms with Gasteiger partial charge < -0.3 is 10.2 Å². The third kappa shape index (κ3) is 5.11. The zero-order chi connectivity index (χ0) is 16.0. The molecule has 0 aliphatic rings. The van der Waals surface area contributed by atoms with Crippen LogP contribution in [0.15, 0.2) is 29.2 Å². The Hall–Kier alpha value is -1.44. The van der Waals surface area contributed by atoms with Gasteiger partial charge in [0.15, 0.2) is 6.10 Å². The lowest BCUT2D eigenvalue weighted by atomic mass is 9.99. The smallest absolute Gasteiger partial charge is 0.332 e. The largest absolute Gasteiger partial charge is 0.479 e. The summed E-state index contributed by atoms with van der Waals surface area (Å²) < 4.78 is 26.3. The monoisotopic (exact) mass is 315 g/mol. The molecule has 0 saturated heterocycles. The molecule has 0 aliphatic heterocycles. The number of benzene rings is 1. The molecule has 0 heterocycles. The van der Waals surface area contributed by atoms with Gasteiger partial charge in [-0.2, -0.15) is 0 Å². The van der Waals surface area contributed by atoms with Gasteiger partial charge in [0.1, 0.15) is 0 Å². The minimum absolute atomic E-state index is 0.124. The number of carboxylic acid groups (broad SMARTS) is 1. The van der Waals surface area contributed by atoms with Gasteiger partial charge in [-0.25, -0.2) is 17.9 Å². The van der Waals surface area contributed by atoms with Crippen LogP contribution in [0.2, 0.25) is 0 Å². The molecule has 0 spiro atoms. The SMILES string of the molecule is CCC(C)c1ccc(S(=O)(=O)NCCC(O)C(=O)O)cc1. The van der Waals surface area contributed by atoms with E-state index in [0.717, 1.165) is 12.0 Å². The minimum atomic E-state index is -3.68. The third-order valence-electron chi connectivity index (χ3n) is 3.37. The zero-order valence-corrected chi connectivity index (χ0v) is 12.9. The molecule has 0 saturated carbocycles. The standard InChI is InChI=1S/C14H21NO5S/c1-3-10(2)11-4-6-12(7-5-11)21(19,20)15-9-8-13(16)14(17)18/h4-7,10,13,15-16H,3,8-9H2,1-2H3,(H,17,18). The van der Waals surface area contributed by atoms with Crippen molar-refractivity contribution in [2.24, 2.45) is 0 Å². The highest BCUT2D eigenvalue weighted by atomic mass is 32.2. The van der Waals surface area contributed by atoms with Crippen molar-refractivity contribution in [2.75, 3.05) is 6.54 Å². The van der Waals surface area contributed by atoms with Gasteiger partial charge in [0.2, 0.25) is 10.0 Å². The molecule has 1 aromatic rings. The number of carbonyl (C=O) groups is 1. The van der Waals surface area contributed by atoms with Gasteiger partial charge in [-0.3, -0.25) is 0 Å². The second-order valence-electron chi connectivity index (χ2n) is 4.92. The van der Waals surface area contributed by atoms with Crippen LogP contribution in [-0.4, -0.2) is 37.2 Å². The molecule has 1 aromatic carbocycles. The molecule has 118 valence electrons.